The van der Waals surface area contributed by atoms with Crippen molar-refractivity contribution in [2.75, 3.05) is 18.1 Å². The van der Waals surface area contributed by atoms with E-state index >= 15 is 0 Å². The molecule has 0 unspecified atom stereocenters. The highest BCUT2D eigenvalue weighted by molar-refractivity contribution is 6.04. The Hall–Kier alpha value is -4.00. The molecule has 0 bridgehead atoms. The predicted octanol–water partition coefficient (Wildman–Crippen LogP) is 3.62. The second-order valence-electron chi connectivity index (χ2n) is 7.71. The lowest BCUT2D eigenvalue weighted by atomic mass is 10.1. The van der Waals surface area contributed by atoms with Gasteiger partial charge in [0.05, 0.1) is 23.0 Å². The van der Waals surface area contributed by atoms with Crippen molar-refractivity contribution in [2.24, 2.45) is 7.05 Å². The van der Waals surface area contributed by atoms with E-state index in [0.717, 1.165) is 16.5 Å². The van der Waals surface area contributed by atoms with Crippen LogP contribution >= 0.6 is 0 Å². The number of hydrogen-bond acceptors (Lipinski definition) is 5. The molecule has 0 radical (unpaired) electrons. The van der Waals surface area contributed by atoms with Gasteiger partial charge >= 0.3 is 5.97 Å². The van der Waals surface area contributed by atoms with Gasteiger partial charge in [0.1, 0.15) is 5.82 Å². The van der Waals surface area contributed by atoms with E-state index in [1.54, 1.807) is 30.1 Å². The lowest BCUT2D eigenvalue weighted by molar-refractivity contribution is -0.147. The maximum Gasteiger partial charge on any atom is 0.306 e. The summed E-state index contributed by atoms with van der Waals surface area (Å²) in [5.74, 6) is -0.314. The van der Waals surface area contributed by atoms with Gasteiger partial charge < -0.3 is 9.64 Å². The highest BCUT2D eigenvalue weighted by atomic mass is 16.5. The predicted molar refractivity (Wildman–Crippen MR) is 128 cm³/mol. The lowest BCUT2D eigenvalue weighted by Crippen LogP contribution is -2.34. The number of hydrogen-bond donors (Lipinski definition) is 0. The number of esters is 1. The molecular formula is C26H25N3O4. The molecule has 4 aromatic rings. The molecule has 0 aliphatic carbocycles. The maximum absolute atomic E-state index is 12.8. The number of nitrogens with zero attached hydrogens (tertiary/aromatic N) is 3. The zero-order chi connectivity index (χ0) is 23.4. The largest absolute Gasteiger partial charge is 0.456 e. The molecule has 0 fully saturated rings. The molecule has 33 heavy (non-hydrogen) atoms. The number of carbonyl (C=O) groups is 2. The maximum atomic E-state index is 12.8. The van der Waals surface area contributed by atoms with Crippen molar-refractivity contribution in [3.63, 3.8) is 0 Å². The Balaban J connectivity index is 1.40. The summed E-state index contributed by atoms with van der Waals surface area (Å²) in [6.07, 6.45) is 0.261. The molecule has 3 aromatic carbocycles. The molecule has 1 amide bonds. The summed E-state index contributed by atoms with van der Waals surface area (Å²) < 4.78 is 6.70. The van der Waals surface area contributed by atoms with Crippen LogP contribution in [0.2, 0.25) is 0 Å². The van der Waals surface area contributed by atoms with Crippen molar-refractivity contribution < 1.29 is 14.3 Å². The van der Waals surface area contributed by atoms with Crippen LogP contribution < -0.4 is 10.5 Å². The molecule has 1 heterocycles. The molecule has 7 nitrogen and oxygen atoms in total. The summed E-state index contributed by atoms with van der Waals surface area (Å²) in [5.41, 5.74) is 1.22. The first-order valence-corrected chi connectivity index (χ1v) is 10.9. The normalized spacial score (nSPS) is 11.0. The van der Waals surface area contributed by atoms with E-state index in [2.05, 4.69) is 4.98 Å². The van der Waals surface area contributed by atoms with Crippen LogP contribution in [0.25, 0.3) is 21.7 Å². The zero-order valence-corrected chi connectivity index (χ0v) is 18.7. The molecule has 0 saturated carbocycles. The fourth-order valence-electron chi connectivity index (χ4n) is 3.92. The van der Waals surface area contributed by atoms with E-state index in [9.17, 15) is 14.4 Å². The Morgan fingerprint density at radius 2 is 1.67 bits per heavy atom. The van der Waals surface area contributed by atoms with Crippen molar-refractivity contribution in [3.8, 4) is 0 Å². The molecule has 1 aromatic heterocycles. The van der Waals surface area contributed by atoms with E-state index in [1.807, 2.05) is 55.5 Å². The SMILES string of the molecule is CCN(C(=O)COC(=O)CCc1nc2ccccc2c(=O)n1C)c1cccc2ccccc12. The van der Waals surface area contributed by atoms with Crippen LogP contribution in [0, 0.1) is 0 Å². The standard InChI is InChI=1S/C26H25N3O4/c1-3-29(22-14-8-10-18-9-4-5-11-19(18)22)24(30)17-33-25(31)16-15-23-27-21-13-7-6-12-20(21)26(32)28(23)2/h4-14H,3,15-17H2,1-2H3. The first-order chi connectivity index (χ1) is 16.0. The number of anilines is 1. The lowest BCUT2D eigenvalue weighted by Gasteiger charge is -2.22. The number of rotatable bonds is 7. The van der Waals surface area contributed by atoms with Gasteiger partial charge in [-0.15, -0.1) is 0 Å². The molecule has 0 aliphatic rings. The summed E-state index contributed by atoms with van der Waals surface area (Å²) in [4.78, 5) is 43.8. The van der Waals surface area contributed by atoms with E-state index in [4.69, 9.17) is 4.74 Å². The fourth-order valence-corrected chi connectivity index (χ4v) is 3.92. The Labute approximate surface area is 191 Å². The van der Waals surface area contributed by atoms with Gasteiger partial charge in [0.2, 0.25) is 0 Å². The number of ether oxygens (including phenoxy) is 1. The van der Waals surface area contributed by atoms with E-state index in [1.165, 1.54) is 4.57 Å². The van der Waals surface area contributed by atoms with Gasteiger partial charge in [-0.3, -0.25) is 19.0 Å². The van der Waals surface area contributed by atoms with Gasteiger partial charge in [0.15, 0.2) is 6.61 Å². The van der Waals surface area contributed by atoms with Crippen LogP contribution in [0.15, 0.2) is 71.5 Å². The van der Waals surface area contributed by atoms with Gasteiger partial charge in [-0.05, 0) is 30.5 Å². The minimum Gasteiger partial charge on any atom is -0.456 e. The van der Waals surface area contributed by atoms with Gasteiger partial charge in [-0.1, -0.05) is 48.5 Å². The number of fused-ring (bicyclic) bond motifs is 2. The Bertz CT molecular complexity index is 1390. The third kappa shape index (κ3) is 4.62. The molecular weight excluding hydrogens is 418 g/mol. The number of para-hydroxylation sites is 1. The molecule has 0 N–H and O–H groups in total. The molecule has 4 rings (SSSR count). The smallest absolute Gasteiger partial charge is 0.306 e. The minimum atomic E-state index is -0.514. The molecule has 168 valence electrons. The third-order valence-electron chi connectivity index (χ3n) is 5.66. The average molecular weight is 444 g/mol. The topological polar surface area (TPSA) is 81.5 Å². The van der Waals surface area contributed by atoms with Crippen LogP contribution in [0.4, 0.5) is 5.69 Å². The van der Waals surface area contributed by atoms with Gasteiger partial charge in [-0.25, -0.2) is 4.98 Å². The number of aryl methyl sites for hydroxylation is 1. The van der Waals surface area contributed by atoms with Gasteiger partial charge in [-0.2, -0.15) is 0 Å². The zero-order valence-electron chi connectivity index (χ0n) is 18.7. The summed E-state index contributed by atoms with van der Waals surface area (Å²) in [7, 11) is 1.63. The monoisotopic (exact) mass is 443 g/mol. The molecule has 0 saturated heterocycles. The molecule has 0 atom stereocenters. The van der Waals surface area contributed by atoms with Crippen LogP contribution in [-0.4, -0.2) is 34.6 Å². The van der Waals surface area contributed by atoms with Crippen LogP contribution in [-0.2, 0) is 27.8 Å². The third-order valence-corrected chi connectivity index (χ3v) is 5.66. The van der Waals surface area contributed by atoms with Crippen LogP contribution in [0.3, 0.4) is 0 Å². The minimum absolute atomic E-state index is 0.0201. The van der Waals surface area contributed by atoms with Crippen molar-refractivity contribution >= 4 is 39.2 Å². The first-order valence-electron chi connectivity index (χ1n) is 10.9. The number of aromatic nitrogens is 2. The second kappa shape index (κ2) is 9.65. The van der Waals surface area contributed by atoms with Crippen LogP contribution in [0.5, 0.6) is 0 Å². The number of amides is 1. The quantitative estimate of drug-likeness (QED) is 0.408. The number of likely N-dealkylation sites (N-methyl/N-ethyl adjacent to an activating group) is 1. The average Bonchev–Trinajstić information content (AvgIpc) is 2.84. The van der Waals surface area contributed by atoms with Crippen molar-refractivity contribution in [3.05, 3.63) is 82.9 Å². The highest BCUT2D eigenvalue weighted by Crippen LogP contribution is 2.26. The van der Waals surface area contributed by atoms with E-state index in [0.29, 0.717) is 23.3 Å². The molecule has 0 spiro atoms. The Morgan fingerprint density at radius 1 is 0.970 bits per heavy atom. The molecule has 0 aliphatic heterocycles. The first kappa shape index (κ1) is 22.2. The summed E-state index contributed by atoms with van der Waals surface area (Å²) >= 11 is 0. The Morgan fingerprint density at radius 3 is 2.45 bits per heavy atom. The van der Waals surface area contributed by atoms with E-state index in [-0.39, 0.29) is 30.9 Å². The van der Waals surface area contributed by atoms with Crippen LogP contribution in [0.1, 0.15) is 19.2 Å². The second-order valence-corrected chi connectivity index (χ2v) is 7.71. The van der Waals surface area contributed by atoms with Crippen molar-refractivity contribution in [2.45, 2.75) is 19.8 Å². The summed E-state index contributed by atoms with van der Waals surface area (Å²) in [6.45, 7) is 1.99. The van der Waals surface area contributed by atoms with E-state index < -0.39 is 5.97 Å². The summed E-state index contributed by atoms with van der Waals surface area (Å²) in [6, 6.07) is 20.7. The fraction of sp³-hybridized carbons (Fsp3) is 0.231. The highest BCUT2D eigenvalue weighted by Gasteiger charge is 2.18. The van der Waals surface area contributed by atoms with Crippen molar-refractivity contribution in [1.82, 2.24) is 9.55 Å². The van der Waals surface area contributed by atoms with Gasteiger partial charge in [0.25, 0.3) is 11.5 Å². The molecule has 7 heteroatoms. The van der Waals surface area contributed by atoms with Crippen molar-refractivity contribution in [1.29, 1.82) is 0 Å². The number of carbonyl (C=O) groups excluding carboxylic acids is 2. The number of benzene rings is 3. The summed E-state index contributed by atoms with van der Waals surface area (Å²) in [5, 5.41) is 2.53. The Kier molecular flexibility index (Phi) is 6.49. The van der Waals surface area contributed by atoms with Gasteiger partial charge in [0, 0.05) is 25.4 Å².